The van der Waals surface area contributed by atoms with Gasteiger partial charge in [0.05, 0.1) is 11.6 Å². The van der Waals surface area contributed by atoms with Crippen molar-refractivity contribution in [1.29, 1.82) is 0 Å². The van der Waals surface area contributed by atoms with Crippen LogP contribution in [0.2, 0.25) is 0 Å². The predicted molar refractivity (Wildman–Crippen MR) is 133 cm³/mol. The van der Waals surface area contributed by atoms with Crippen LogP contribution in [-0.4, -0.2) is 29.5 Å². The van der Waals surface area contributed by atoms with E-state index in [-0.39, 0.29) is 5.43 Å². The van der Waals surface area contributed by atoms with Crippen molar-refractivity contribution in [3.63, 3.8) is 0 Å². The Morgan fingerprint density at radius 2 is 1.59 bits per heavy atom. The molecule has 0 saturated carbocycles. The molecule has 172 valence electrons. The number of para-hydroxylation sites is 1. The van der Waals surface area contributed by atoms with Crippen molar-refractivity contribution in [2.45, 2.75) is 32.6 Å². The van der Waals surface area contributed by atoms with Gasteiger partial charge in [-0.05, 0) is 47.4 Å². The molecular formula is C29H28N2O3. The van der Waals surface area contributed by atoms with Crippen molar-refractivity contribution in [1.82, 2.24) is 9.80 Å². The summed E-state index contributed by atoms with van der Waals surface area (Å²) in [6.45, 7) is 5.66. The van der Waals surface area contributed by atoms with Crippen molar-refractivity contribution >= 4 is 11.0 Å². The molecule has 0 radical (unpaired) electrons. The molecule has 4 aromatic rings. The molecule has 5 nitrogen and oxygen atoms in total. The zero-order valence-electron chi connectivity index (χ0n) is 19.2. The third-order valence-electron chi connectivity index (χ3n) is 6.95. The van der Waals surface area contributed by atoms with Crippen LogP contribution in [-0.2, 0) is 32.6 Å². The summed E-state index contributed by atoms with van der Waals surface area (Å²) in [6, 6.07) is 22.7. The average molecular weight is 453 g/mol. The van der Waals surface area contributed by atoms with E-state index in [1.807, 2.05) is 24.3 Å². The Labute approximate surface area is 199 Å². The van der Waals surface area contributed by atoms with Crippen LogP contribution in [0.1, 0.15) is 27.8 Å². The van der Waals surface area contributed by atoms with Gasteiger partial charge in [-0.3, -0.25) is 14.6 Å². The summed E-state index contributed by atoms with van der Waals surface area (Å²) in [5, 5.41) is 0.636. The van der Waals surface area contributed by atoms with Gasteiger partial charge in [0.1, 0.15) is 17.9 Å². The maximum absolute atomic E-state index is 13.0. The van der Waals surface area contributed by atoms with E-state index >= 15 is 0 Å². The van der Waals surface area contributed by atoms with E-state index in [1.165, 1.54) is 22.3 Å². The number of rotatable bonds is 4. The van der Waals surface area contributed by atoms with E-state index in [9.17, 15) is 4.79 Å². The van der Waals surface area contributed by atoms with E-state index in [0.717, 1.165) is 44.9 Å². The molecule has 34 heavy (non-hydrogen) atoms. The molecule has 0 spiro atoms. The van der Waals surface area contributed by atoms with E-state index < -0.39 is 0 Å². The molecule has 3 aromatic carbocycles. The molecule has 5 heteroatoms. The fourth-order valence-corrected chi connectivity index (χ4v) is 5.15. The lowest BCUT2D eigenvalue weighted by atomic mass is 9.99. The summed E-state index contributed by atoms with van der Waals surface area (Å²) in [4.78, 5) is 17.8. The minimum atomic E-state index is 0.0476. The summed E-state index contributed by atoms with van der Waals surface area (Å²) in [5.74, 6) is 0.945. The quantitative estimate of drug-likeness (QED) is 0.447. The molecule has 0 aliphatic carbocycles. The Bertz CT molecular complexity index is 1390. The van der Waals surface area contributed by atoms with Crippen LogP contribution in [0.3, 0.4) is 0 Å². The van der Waals surface area contributed by atoms with Crippen LogP contribution in [0, 0.1) is 0 Å². The van der Waals surface area contributed by atoms with Gasteiger partial charge >= 0.3 is 0 Å². The first-order valence-corrected chi connectivity index (χ1v) is 12.0. The van der Waals surface area contributed by atoms with Crippen molar-refractivity contribution in [2.24, 2.45) is 0 Å². The third-order valence-corrected chi connectivity index (χ3v) is 6.95. The molecule has 1 aromatic heterocycles. The maximum atomic E-state index is 13.0. The Morgan fingerprint density at radius 3 is 2.53 bits per heavy atom. The third kappa shape index (κ3) is 4.25. The molecular weight excluding hydrogens is 424 g/mol. The minimum absolute atomic E-state index is 0.0476. The van der Waals surface area contributed by atoms with E-state index in [1.54, 1.807) is 6.26 Å². The minimum Gasteiger partial charge on any atom is -0.492 e. The van der Waals surface area contributed by atoms with Gasteiger partial charge in [0.15, 0.2) is 5.43 Å². The first-order valence-electron chi connectivity index (χ1n) is 12.0. The van der Waals surface area contributed by atoms with Crippen molar-refractivity contribution < 1.29 is 9.15 Å². The molecule has 0 saturated heterocycles. The zero-order valence-corrected chi connectivity index (χ0v) is 19.2. The number of fused-ring (bicyclic) bond motifs is 3. The van der Waals surface area contributed by atoms with Gasteiger partial charge in [0.2, 0.25) is 0 Å². The fraction of sp³-hybridized carbons (Fsp3) is 0.276. The average Bonchev–Trinajstić information content (AvgIpc) is 3.07. The van der Waals surface area contributed by atoms with Gasteiger partial charge in [0.25, 0.3) is 0 Å². The zero-order chi connectivity index (χ0) is 22.9. The molecule has 0 unspecified atom stereocenters. The highest BCUT2D eigenvalue weighted by molar-refractivity contribution is 5.76. The normalized spacial score (nSPS) is 16.5. The molecule has 6 rings (SSSR count). The number of benzene rings is 3. The van der Waals surface area contributed by atoms with Crippen LogP contribution in [0.15, 0.2) is 82.2 Å². The summed E-state index contributed by atoms with van der Waals surface area (Å²) < 4.78 is 11.8. The molecule has 3 heterocycles. The lowest BCUT2D eigenvalue weighted by Crippen LogP contribution is -2.30. The van der Waals surface area contributed by atoms with Gasteiger partial charge in [-0.1, -0.05) is 42.5 Å². The standard InChI is InChI=1S/C29H28N2O3/c32-29-25(20-34-28-8-4-3-7-26(28)29)19-31-13-14-33-27-10-9-21(15-24(27)18-31)16-30-12-11-22-5-1-2-6-23(22)17-30/h1-10,15,20H,11-14,16-19H2. The van der Waals surface area contributed by atoms with Crippen molar-refractivity contribution in [3.8, 4) is 5.75 Å². The van der Waals surface area contributed by atoms with Crippen LogP contribution in [0.25, 0.3) is 11.0 Å². The Balaban J connectivity index is 1.19. The summed E-state index contributed by atoms with van der Waals surface area (Å²) in [5.41, 5.74) is 6.75. The first kappa shape index (κ1) is 21.1. The Hall–Kier alpha value is -3.41. The summed E-state index contributed by atoms with van der Waals surface area (Å²) >= 11 is 0. The lowest BCUT2D eigenvalue weighted by Gasteiger charge is -2.29. The van der Waals surface area contributed by atoms with Gasteiger partial charge < -0.3 is 9.15 Å². The fourth-order valence-electron chi connectivity index (χ4n) is 5.15. The van der Waals surface area contributed by atoms with E-state index in [4.69, 9.17) is 9.15 Å². The topological polar surface area (TPSA) is 45.9 Å². The molecule has 0 N–H and O–H groups in total. The highest BCUT2D eigenvalue weighted by atomic mass is 16.5. The van der Waals surface area contributed by atoms with Gasteiger partial charge in [-0.15, -0.1) is 0 Å². The van der Waals surface area contributed by atoms with Crippen LogP contribution in [0.5, 0.6) is 5.75 Å². The highest BCUT2D eigenvalue weighted by Gasteiger charge is 2.20. The summed E-state index contributed by atoms with van der Waals surface area (Å²) in [6.07, 6.45) is 2.72. The molecule has 0 atom stereocenters. The second-order valence-electron chi connectivity index (χ2n) is 9.32. The van der Waals surface area contributed by atoms with Crippen molar-refractivity contribution in [3.05, 3.63) is 111 Å². The smallest absolute Gasteiger partial charge is 0.197 e. The number of hydrogen-bond donors (Lipinski definition) is 0. The molecule has 2 aliphatic heterocycles. The first-order chi connectivity index (χ1) is 16.7. The van der Waals surface area contributed by atoms with Gasteiger partial charge in [0, 0.05) is 50.4 Å². The highest BCUT2D eigenvalue weighted by Crippen LogP contribution is 2.27. The maximum Gasteiger partial charge on any atom is 0.197 e. The van der Waals surface area contributed by atoms with E-state index in [2.05, 4.69) is 52.3 Å². The number of ether oxygens (including phenoxy) is 1. The van der Waals surface area contributed by atoms with Gasteiger partial charge in [-0.2, -0.15) is 0 Å². The lowest BCUT2D eigenvalue weighted by molar-refractivity contribution is 0.218. The van der Waals surface area contributed by atoms with Crippen LogP contribution in [0.4, 0.5) is 0 Å². The number of hydrogen-bond acceptors (Lipinski definition) is 5. The molecule has 0 amide bonds. The van der Waals surface area contributed by atoms with Gasteiger partial charge in [-0.25, -0.2) is 0 Å². The Kier molecular flexibility index (Phi) is 5.65. The predicted octanol–water partition coefficient (Wildman–Crippen LogP) is 4.75. The SMILES string of the molecule is O=c1c(CN2CCOc3ccc(CN4CCc5ccccc5C4)cc3C2)coc2ccccc12. The largest absolute Gasteiger partial charge is 0.492 e. The van der Waals surface area contributed by atoms with Crippen LogP contribution >= 0.6 is 0 Å². The molecule has 0 bridgehead atoms. The second-order valence-corrected chi connectivity index (χ2v) is 9.32. The molecule has 0 fully saturated rings. The van der Waals surface area contributed by atoms with Crippen LogP contribution < -0.4 is 10.2 Å². The van der Waals surface area contributed by atoms with Crippen molar-refractivity contribution in [2.75, 3.05) is 19.7 Å². The number of nitrogens with zero attached hydrogens (tertiary/aromatic N) is 2. The second kappa shape index (κ2) is 9.09. The summed E-state index contributed by atoms with van der Waals surface area (Å²) in [7, 11) is 0. The molecule has 2 aliphatic rings. The van der Waals surface area contributed by atoms with E-state index in [0.29, 0.717) is 29.7 Å². The monoisotopic (exact) mass is 452 g/mol. The Morgan fingerprint density at radius 1 is 0.794 bits per heavy atom.